The molecule has 3 heteroatoms. The molecule has 2 rings (SSSR count). The van der Waals surface area contributed by atoms with Gasteiger partial charge >= 0.3 is 0 Å². The lowest BCUT2D eigenvalue weighted by molar-refractivity contribution is -0.117. The Morgan fingerprint density at radius 2 is 2.25 bits per heavy atom. The zero-order valence-electron chi connectivity index (χ0n) is 6.87. The number of carbonyl (C=O) groups is 1. The van der Waals surface area contributed by atoms with Gasteiger partial charge in [-0.25, -0.2) is 0 Å². The van der Waals surface area contributed by atoms with Gasteiger partial charge in [-0.05, 0) is 11.6 Å². The van der Waals surface area contributed by atoms with Crippen LogP contribution in [-0.4, -0.2) is 13.0 Å². The van der Waals surface area contributed by atoms with Crippen LogP contribution >= 0.6 is 0 Å². The van der Waals surface area contributed by atoms with E-state index in [1.54, 1.807) is 11.9 Å². The van der Waals surface area contributed by atoms with Crippen molar-refractivity contribution >= 4 is 17.3 Å². The summed E-state index contributed by atoms with van der Waals surface area (Å²) in [6.07, 6.45) is 0.483. The maximum Gasteiger partial charge on any atom is 0.231 e. The molecule has 2 N–H and O–H groups in total. The first-order valence-electron chi connectivity index (χ1n) is 3.84. The molecule has 0 aromatic heterocycles. The van der Waals surface area contributed by atoms with E-state index in [-0.39, 0.29) is 5.91 Å². The van der Waals surface area contributed by atoms with Crippen LogP contribution in [0, 0.1) is 0 Å². The molecule has 12 heavy (non-hydrogen) atoms. The fourth-order valence-electron chi connectivity index (χ4n) is 1.57. The molecule has 1 aliphatic heterocycles. The minimum Gasteiger partial charge on any atom is -0.397 e. The summed E-state index contributed by atoms with van der Waals surface area (Å²) in [4.78, 5) is 12.9. The van der Waals surface area contributed by atoms with Crippen LogP contribution < -0.4 is 10.6 Å². The molecule has 0 fully saturated rings. The van der Waals surface area contributed by atoms with Gasteiger partial charge in [-0.2, -0.15) is 0 Å². The molecule has 62 valence electrons. The molecule has 1 amide bonds. The second kappa shape index (κ2) is 2.24. The lowest BCUT2D eigenvalue weighted by Gasteiger charge is -2.11. The van der Waals surface area contributed by atoms with Gasteiger partial charge in [0.15, 0.2) is 0 Å². The number of hydrogen-bond acceptors (Lipinski definition) is 2. The van der Waals surface area contributed by atoms with Gasteiger partial charge in [0.2, 0.25) is 5.91 Å². The van der Waals surface area contributed by atoms with Gasteiger partial charge in [-0.15, -0.1) is 0 Å². The quantitative estimate of drug-likeness (QED) is 0.573. The number of rotatable bonds is 0. The molecule has 0 atom stereocenters. The van der Waals surface area contributed by atoms with Crippen molar-refractivity contribution in [2.24, 2.45) is 0 Å². The van der Waals surface area contributed by atoms with E-state index in [2.05, 4.69) is 0 Å². The first-order chi connectivity index (χ1) is 5.70. The first kappa shape index (κ1) is 7.16. The van der Waals surface area contributed by atoms with Crippen LogP contribution in [0.15, 0.2) is 18.2 Å². The van der Waals surface area contributed by atoms with Crippen molar-refractivity contribution < 1.29 is 4.79 Å². The molecular weight excluding hydrogens is 152 g/mol. The molecule has 0 saturated carbocycles. The van der Waals surface area contributed by atoms with E-state index in [1.807, 2.05) is 18.2 Å². The van der Waals surface area contributed by atoms with Gasteiger partial charge in [0.1, 0.15) is 0 Å². The van der Waals surface area contributed by atoms with Crippen LogP contribution in [0.25, 0.3) is 0 Å². The van der Waals surface area contributed by atoms with Crippen molar-refractivity contribution in [3.05, 3.63) is 23.8 Å². The lowest BCUT2D eigenvalue weighted by Crippen LogP contribution is -2.21. The van der Waals surface area contributed by atoms with E-state index < -0.39 is 0 Å². The number of anilines is 2. The van der Waals surface area contributed by atoms with Crippen molar-refractivity contribution in [2.75, 3.05) is 17.7 Å². The fraction of sp³-hybridized carbons (Fsp3) is 0.222. The predicted molar refractivity (Wildman–Crippen MR) is 48.0 cm³/mol. The van der Waals surface area contributed by atoms with E-state index in [0.29, 0.717) is 12.1 Å². The van der Waals surface area contributed by atoms with E-state index in [0.717, 1.165) is 11.3 Å². The molecule has 0 radical (unpaired) electrons. The highest BCUT2D eigenvalue weighted by molar-refractivity contribution is 6.04. The molecule has 1 aromatic carbocycles. The number of hydrogen-bond donors (Lipinski definition) is 1. The number of fused-ring (bicyclic) bond motifs is 1. The SMILES string of the molecule is CN1C(=O)Cc2cccc(N)c21. The van der Waals surface area contributed by atoms with Crippen LogP contribution in [0.2, 0.25) is 0 Å². The van der Waals surface area contributed by atoms with E-state index in [1.165, 1.54) is 0 Å². The predicted octanol–water partition coefficient (Wildman–Crippen LogP) is 0.788. The zero-order chi connectivity index (χ0) is 8.72. The first-order valence-corrected chi connectivity index (χ1v) is 3.84. The number of nitrogens with zero attached hydrogens (tertiary/aromatic N) is 1. The summed E-state index contributed by atoms with van der Waals surface area (Å²) in [7, 11) is 1.75. The Hall–Kier alpha value is -1.51. The summed E-state index contributed by atoms with van der Waals surface area (Å²) >= 11 is 0. The monoisotopic (exact) mass is 162 g/mol. The molecule has 0 aliphatic carbocycles. The third kappa shape index (κ3) is 0.794. The number of nitrogens with two attached hydrogens (primary N) is 1. The van der Waals surface area contributed by atoms with Gasteiger partial charge in [0.25, 0.3) is 0 Å². The van der Waals surface area contributed by atoms with Crippen LogP contribution in [-0.2, 0) is 11.2 Å². The second-order valence-corrected chi connectivity index (χ2v) is 2.98. The summed E-state index contributed by atoms with van der Waals surface area (Å²) in [5, 5.41) is 0. The number of benzene rings is 1. The average molecular weight is 162 g/mol. The highest BCUT2D eigenvalue weighted by Gasteiger charge is 2.25. The molecule has 0 bridgehead atoms. The van der Waals surface area contributed by atoms with Crippen molar-refractivity contribution in [1.29, 1.82) is 0 Å². The van der Waals surface area contributed by atoms with Crippen molar-refractivity contribution in [2.45, 2.75) is 6.42 Å². The van der Waals surface area contributed by atoms with Crippen molar-refractivity contribution in [3.63, 3.8) is 0 Å². The fourth-order valence-corrected chi connectivity index (χ4v) is 1.57. The topological polar surface area (TPSA) is 46.3 Å². The maximum atomic E-state index is 11.3. The number of para-hydroxylation sites is 1. The van der Waals surface area contributed by atoms with Gasteiger partial charge in [-0.1, -0.05) is 12.1 Å². The third-order valence-electron chi connectivity index (χ3n) is 2.20. The average Bonchev–Trinajstić information content (AvgIpc) is 2.29. The van der Waals surface area contributed by atoms with E-state index in [9.17, 15) is 4.79 Å². The number of nitrogen functional groups attached to an aromatic ring is 1. The number of carbonyl (C=O) groups excluding carboxylic acids is 1. The summed E-state index contributed by atoms with van der Waals surface area (Å²) in [5.41, 5.74) is 8.32. The Kier molecular flexibility index (Phi) is 1.33. The van der Waals surface area contributed by atoms with Gasteiger partial charge < -0.3 is 10.6 Å². The Morgan fingerprint density at radius 3 is 2.92 bits per heavy atom. The zero-order valence-corrected chi connectivity index (χ0v) is 6.87. The molecule has 0 spiro atoms. The molecular formula is C9H10N2O. The third-order valence-corrected chi connectivity index (χ3v) is 2.20. The molecule has 1 aromatic rings. The normalized spacial score (nSPS) is 15.1. The number of amides is 1. The van der Waals surface area contributed by atoms with Gasteiger partial charge in [0.05, 0.1) is 17.8 Å². The Bertz CT molecular complexity index is 346. The largest absolute Gasteiger partial charge is 0.397 e. The van der Waals surface area contributed by atoms with Gasteiger partial charge in [-0.3, -0.25) is 4.79 Å². The molecule has 0 saturated heterocycles. The van der Waals surface area contributed by atoms with Crippen LogP contribution in [0.5, 0.6) is 0 Å². The van der Waals surface area contributed by atoms with Crippen LogP contribution in [0.1, 0.15) is 5.56 Å². The smallest absolute Gasteiger partial charge is 0.231 e. The Morgan fingerprint density at radius 1 is 1.50 bits per heavy atom. The van der Waals surface area contributed by atoms with E-state index >= 15 is 0 Å². The second-order valence-electron chi connectivity index (χ2n) is 2.98. The minimum atomic E-state index is 0.114. The maximum absolute atomic E-state index is 11.3. The summed E-state index contributed by atoms with van der Waals surface area (Å²) < 4.78 is 0. The summed E-state index contributed by atoms with van der Waals surface area (Å²) in [6, 6.07) is 5.63. The minimum absolute atomic E-state index is 0.114. The summed E-state index contributed by atoms with van der Waals surface area (Å²) in [5.74, 6) is 0.114. The van der Waals surface area contributed by atoms with Crippen LogP contribution in [0.3, 0.4) is 0 Å². The van der Waals surface area contributed by atoms with Crippen molar-refractivity contribution in [1.82, 2.24) is 0 Å². The Balaban J connectivity index is 2.62. The molecule has 1 heterocycles. The molecule has 1 aliphatic rings. The van der Waals surface area contributed by atoms with E-state index in [4.69, 9.17) is 5.73 Å². The molecule has 0 unspecified atom stereocenters. The van der Waals surface area contributed by atoms with Gasteiger partial charge in [0, 0.05) is 7.05 Å². The van der Waals surface area contributed by atoms with Crippen LogP contribution in [0.4, 0.5) is 11.4 Å². The lowest BCUT2D eigenvalue weighted by atomic mass is 10.1. The highest BCUT2D eigenvalue weighted by Crippen LogP contribution is 2.32. The summed E-state index contributed by atoms with van der Waals surface area (Å²) in [6.45, 7) is 0. The number of likely N-dealkylation sites (N-methyl/N-ethyl adjacent to an activating group) is 1. The van der Waals surface area contributed by atoms with Crippen molar-refractivity contribution in [3.8, 4) is 0 Å². The Labute approximate surface area is 70.8 Å². The standard InChI is InChI=1S/C9H10N2O/c1-11-8(12)5-6-3-2-4-7(10)9(6)11/h2-4H,5,10H2,1H3. The highest BCUT2D eigenvalue weighted by atomic mass is 16.2. The molecule has 3 nitrogen and oxygen atoms in total.